The van der Waals surface area contributed by atoms with Crippen LogP contribution in [0, 0.1) is 11.7 Å². The first kappa shape index (κ1) is 16.7. The molecule has 1 saturated carbocycles. The Kier molecular flexibility index (Phi) is 5.33. The highest BCUT2D eigenvalue weighted by atomic mass is 19.1. The number of urea groups is 1. The van der Waals surface area contributed by atoms with Crippen LogP contribution in [0.15, 0.2) is 24.3 Å². The van der Waals surface area contributed by atoms with E-state index in [-0.39, 0.29) is 23.7 Å². The summed E-state index contributed by atoms with van der Waals surface area (Å²) in [5.74, 6) is -0.220. The Labute approximate surface area is 141 Å². The van der Waals surface area contributed by atoms with Crippen LogP contribution in [0.4, 0.5) is 9.18 Å². The molecule has 1 aromatic rings. The molecule has 6 heteroatoms. The maximum absolute atomic E-state index is 12.8. The van der Waals surface area contributed by atoms with Crippen molar-refractivity contribution in [2.24, 2.45) is 5.92 Å². The number of nitrogens with one attached hydrogen (secondary N) is 2. The Morgan fingerprint density at radius 2 is 1.75 bits per heavy atom. The molecule has 0 radical (unpaired) electrons. The number of hydrogen-bond donors (Lipinski definition) is 2. The number of amides is 3. The fraction of sp³-hybridized carbons (Fsp3) is 0.556. The van der Waals surface area contributed by atoms with Gasteiger partial charge in [0.05, 0.1) is 0 Å². The summed E-state index contributed by atoms with van der Waals surface area (Å²) in [5, 5.41) is 5.93. The van der Waals surface area contributed by atoms with Crippen LogP contribution in [0.5, 0.6) is 0 Å². The van der Waals surface area contributed by atoms with Gasteiger partial charge in [0.15, 0.2) is 0 Å². The summed E-state index contributed by atoms with van der Waals surface area (Å²) < 4.78 is 12.8. The quantitative estimate of drug-likeness (QED) is 0.866. The molecule has 0 bridgehead atoms. The van der Waals surface area contributed by atoms with Crippen LogP contribution in [0.25, 0.3) is 0 Å². The second kappa shape index (κ2) is 7.64. The first-order valence-corrected chi connectivity index (χ1v) is 8.69. The van der Waals surface area contributed by atoms with Crippen molar-refractivity contribution in [3.63, 3.8) is 0 Å². The molecule has 130 valence electrons. The summed E-state index contributed by atoms with van der Waals surface area (Å²) in [7, 11) is 0. The molecule has 1 saturated heterocycles. The average Bonchev–Trinajstić information content (AvgIpc) is 3.40. The van der Waals surface area contributed by atoms with E-state index in [9.17, 15) is 14.0 Å². The van der Waals surface area contributed by atoms with E-state index in [0.717, 1.165) is 18.4 Å². The lowest BCUT2D eigenvalue weighted by molar-refractivity contribution is -0.126. The number of nitrogens with zero attached hydrogens (tertiary/aromatic N) is 1. The fourth-order valence-electron chi connectivity index (χ4n) is 2.96. The van der Waals surface area contributed by atoms with E-state index >= 15 is 0 Å². The Balaban J connectivity index is 1.35. The Morgan fingerprint density at radius 1 is 1.08 bits per heavy atom. The monoisotopic (exact) mass is 333 g/mol. The van der Waals surface area contributed by atoms with E-state index < -0.39 is 0 Å². The lowest BCUT2D eigenvalue weighted by Crippen LogP contribution is -2.47. The number of halogens is 1. The van der Waals surface area contributed by atoms with Gasteiger partial charge < -0.3 is 15.5 Å². The average molecular weight is 333 g/mol. The van der Waals surface area contributed by atoms with E-state index in [1.165, 1.54) is 12.1 Å². The van der Waals surface area contributed by atoms with Gasteiger partial charge in [-0.05, 0) is 49.8 Å². The van der Waals surface area contributed by atoms with Gasteiger partial charge in [0.2, 0.25) is 5.91 Å². The van der Waals surface area contributed by atoms with Crippen LogP contribution < -0.4 is 10.6 Å². The van der Waals surface area contributed by atoms with Crippen LogP contribution in [0.1, 0.15) is 31.2 Å². The van der Waals surface area contributed by atoms with Crippen molar-refractivity contribution in [1.82, 2.24) is 15.5 Å². The van der Waals surface area contributed by atoms with Crippen LogP contribution in [-0.4, -0.2) is 42.5 Å². The van der Waals surface area contributed by atoms with Crippen molar-refractivity contribution >= 4 is 11.9 Å². The van der Waals surface area contributed by atoms with Crippen LogP contribution in [-0.2, 0) is 11.2 Å². The zero-order valence-electron chi connectivity index (χ0n) is 13.8. The minimum Gasteiger partial charge on any atom is -0.356 e. The minimum atomic E-state index is -0.250. The Hall–Kier alpha value is -2.11. The van der Waals surface area contributed by atoms with Gasteiger partial charge >= 0.3 is 6.03 Å². The van der Waals surface area contributed by atoms with Crippen LogP contribution in [0.3, 0.4) is 0 Å². The minimum absolute atomic E-state index is 0.00710. The summed E-state index contributed by atoms with van der Waals surface area (Å²) in [6.45, 7) is 1.82. The standard InChI is InChI=1S/C18H24FN3O2/c19-15-3-1-13(2-4-15)7-10-20-17(23)14-8-11-22(12-9-14)18(24)21-16-5-6-16/h1-4,14,16H,5-12H2,(H,20,23)(H,21,24). The van der Waals surface area contributed by atoms with Gasteiger partial charge in [-0.15, -0.1) is 0 Å². The Morgan fingerprint density at radius 3 is 2.38 bits per heavy atom. The number of carbonyl (C=O) groups excluding carboxylic acids is 2. The molecular formula is C18H24FN3O2. The van der Waals surface area contributed by atoms with E-state index in [4.69, 9.17) is 0 Å². The van der Waals surface area contributed by atoms with Gasteiger partial charge in [0.25, 0.3) is 0 Å². The second-order valence-corrected chi connectivity index (χ2v) is 6.65. The topological polar surface area (TPSA) is 61.4 Å². The third-order valence-corrected chi connectivity index (χ3v) is 4.68. The van der Waals surface area contributed by atoms with Crippen molar-refractivity contribution in [3.8, 4) is 0 Å². The third-order valence-electron chi connectivity index (χ3n) is 4.68. The molecule has 0 unspecified atom stereocenters. The lowest BCUT2D eigenvalue weighted by Gasteiger charge is -2.31. The lowest BCUT2D eigenvalue weighted by atomic mass is 9.96. The van der Waals surface area contributed by atoms with Crippen molar-refractivity contribution in [3.05, 3.63) is 35.6 Å². The van der Waals surface area contributed by atoms with Crippen molar-refractivity contribution in [2.45, 2.75) is 38.1 Å². The van der Waals surface area contributed by atoms with Gasteiger partial charge in [0, 0.05) is 31.6 Å². The molecule has 24 heavy (non-hydrogen) atoms. The molecular weight excluding hydrogens is 309 g/mol. The number of carbonyl (C=O) groups is 2. The molecule has 0 spiro atoms. The van der Waals surface area contributed by atoms with Gasteiger partial charge in [0.1, 0.15) is 5.82 Å². The van der Waals surface area contributed by atoms with E-state index in [1.54, 1.807) is 17.0 Å². The number of piperidine rings is 1. The summed E-state index contributed by atoms with van der Waals surface area (Å²) in [6.07, 6.45) is 4.27. The molecule has 0 atom stereocenters. The summed E-state index contributed by atoms with van der Waals surface area (Å²) in [4.78, 5) is 26.0. The maximum atomic E-state index is 12.8. The van der Waals surface area contributed by atoms with Gasteiger partial charge in [-0.1, -0.05) is 12.1 Å². The molecule has 3 rings (SSSR count). The van der Waals surface area contributed by atoms with Gasteiger partial charge in [-0.3, -0.25) is 4.79 Å². The van der Waals surface area contributed by atoms with Crippen molar-refractivity contribution < 1.29 is 14.0 Å². The molecule has 1 aliphatic heterocycles. The summed E-state index contributed by atoms with van der Waals surface area (Å²) in [5.41, 5.74) is 1.00. The highest BCUT2D eigenvalue weighted by molar-refractivity contribution is 5.79. The number of benzene rings is 1. The van der Waals surface area contributed by atoms with E-state index in [2.05, 4.69) is 10.6 Å². The highest BCUT2D eigenvalue weighted by Gasteiger charge is 2.30. The highest BCUT2D eigenvalue weighted by Crippen LogP contribution is 2.21. The third kappa shape index (κ3) is 4.69. The van der Waals surface area contributed by atoms with Gasteiger partial charge in [-0.25, -0.2) is 9.18 Å². The molecule has 1 aliphatic carbocycles. The Bertz CT molecular complexity index is 578. The first-order valence-electron chi connectivity index (χ1n) is 8.69. The first-order chi connectivity index (χ1) is 11.6. The molecule has 3 amide bonds. The zero-order chi connectivity index (χ0) is 16.9. The molecule has 5 nitrogen and oxygen atoms in total. The number of rotatable bonds is 5. The predicted molar refractivity (Wildman–Crippen MR) is 89.0 cm³/mol. The number of hydrogen-bond acceptors (Lipinski definition) is 2. The molecule has 1 heterocycles. The van der Waals surface area contributed by atoms with E-state index in [1.807, 2.05) is 0 Å². The zero-order valence-corrected chi connectivity index (χ0v) is 13.8. The smallest absolute Gasteiger partial charge is 0.317 e. The summed E-state index contributed by atoms with van der Waals surface area (Å²) >= 11 is 0. The van der Waals surface area contributed by atoms with Crippen LogP contribution in [0.2, 0.25) is 0 Å². The SMILES string of the molecule is O=C(NCCc1ccc(F)cc1)C1CCN(C(=O)NC2CC2)CC1. The maximum Gasteiger partial charge on any atom is 0.317 e. The molecule has 2 N–H and O–H groups in total. The summed E-state index contributed by atoms with van der Waals surface area (Å²) in [6, 6.07) is 6.70. The normalized spacial score (nSPS) is 18.3. The largest absolute Gasteiger partial charge is 0.356 e. The molecule has 2 fully saturated rings. The van der Waals surface area contributed by atoms with Crippen LogP contribution >= 0.6 is 0 Å². The van der Waals surface area contributed by atoms with Crippen molar-refractivity contribution in [1.29, 1.82) is 0 Å². The van der Waals surface area contributed by atoms with Gasteiger partial charge in [-0.2, -0.15) is 0 Å². The van der Waals surface area contributed by atoms with Crippen molar-refractivity contribution in [2.75, 3.05) is 19.6 Å². The molecule has 0 aromatic heterocycles. The van der Waals surface area contributed by atoms with E-state index in [0.29, 0.717) is 44.9 Å². The predicted octanol–water partition coefficient (Wildman–Crippen LogP) is 2.07. The number of likely N-dealkylation sites (tertiary alicyclic amines) is 1. The molecule has 2 aliphatic rings. The fourth-order valence-corrected chi connectivity index (χ4v) is 2.96. The second-order valence-electron chi connectivity index (χ2n) is 6.65. The molecule has 1 aromatic carbocycles.